The van der Waals surface area contributed by atoms with Gasteiger partial charge in [0.25, 0.3) is 5.91 Å². The molecule has 0 bridgehead atoms. The van der Waals surface area contributed by atoms with E-state index in [1.54, 1.807) is 12.1 Å². The number of carbonyl (C=O) groups excluding carboxylic acids is 1. The smallest absolute Gasteiger partial charge is 0.276 e. The quantitative estimate of drug-likeness (QED) is 0.703. The maximum atomic E-state index is 12.2. The highest BCUT2D eigenvalue weighted by Gasteiger charge is 2.09. The number of carbonyl (C=O) groups is 1. The van der Waals surface area contributed by atoms with E-state index in [2.05, 4.69) is 41.6 Å². The Balaban J connectivity index is 1.90. The Labute approximate surface area is 143 Å². The van der Waals surface area contributed by atoms with Crippen molar-refractivity contribution < 1.29 is 4.79 Å². The van der Waals surface area contributed by atoms with Crippen molar-refractivity contribution in [2.45, 2.75) is 46.0 Å². The highest BCUT2D eigenvalue weighted by Crippen LogP contribution is 2.17. The molecule has 0 aliphatic carbocycles. The number of hydrogen-bond acceptors (Lipinski definition) is 4. The molecule has 0 spiro atoms. The van der Waals surface area contributed by atoms with Crippen LogP contribution in [0.3, 0.4) is 0 Å². The van der Waals surface area contributed by atoms with Crippen molar-refractivity contribution in [1.29, 1.82) is 0 Å². The molecule has 2 N–H and O–H groups in total. The highest BCUT2D eigenvalue weighted by molar-refractivity contribution is 6.02. The third-order valence-corrected chi connectivity index (χ3v) is 3.82. The Kier molecular flexibility index (Phi) is 6.73. The number of unbranched alkanes of at least 4 members (excludes halogenated alkanes) is 2. The Morgan fingerprint density at radius 2 is 1.79 bits per heavy atom. The molecule has 2 rings (SSSR count). The molecular formula is C19H26N4O. The van der Waals surface area contributed by atoms with Crippen molar-refractivity contribution in [3.8, 4) is 0 Å². The van der Waals surface area contributed by atoms with Crippen LogP contribution >= 0.6 is 0 Å². The van der Waals surface area contributed by atoms with Crippen LogP contribution in [0.2, 0.25) is 0 Å². The second kappa shape index (κ2) is 9.01. The maximum absolute atomic E-state index is 12.2. The summed E-state index contributed by atoms with van der Waals surface area (Å²) in [4.78, 5) is 12.2. The molecule has 1 amide bonds. The van der Waals surface area contributed by atoms with Gasteiger partial charge in [0.15, 0.2) is 5.69 Å². The van der Waals surface area contributed by atoms with Gasteiger partial charge in [-0.25, -0.2) is 0 Å². The summed E-state index contributed by atoms with van der Waals surface area (Å²) in [7, 11) is 0. The molecule has 0 aliphatic rings. The lowest BCUT2D eigenvalue weighted by Crippen LogP contribution is -2.15. The first kappa shape index (κ1) is 17.9. The van der Waals surface area contributed by atoms with Gasteiger partial charge in [-0.3, -0.25) is 4.79 Å². The number of aromatic nitrogens is 2. The van der Waals surface area contributed by atoms with Gasteiger partial charge in [-0.2, -0.15) is 0 Å². The zero-order valence-electron chi connectivity index (χ0n) is 14.7. The van der Waals surface area contributed by atoms with E-state index < -0.39 is 0 Å². The van der Waals surface area contributed by atoms with Gasteiger partial charge in [0.05, 0.1) is 0 Å². The lowest BCUT2D eigenvalue weighted by atomic mass is 10.0. The van der Waals surface area contributed by atoms with Crippen molar-refractivity contribution in [2.75, 3.05) is 17.2 Å². The van der Waals surface area contributed by atoms with Crippen molar-refractivity contribution in [3.05, 3.63) is 47.7 Å². The van der Waals surface area contributed by atoms with Crippen LogP contribution in [0.25, 0.3) is 0 Å². The number of anilines is 2. The van der Waals surface area contributed by atoms with Crippen LogP contribution in [0, 0.1) is 0 Å². The van der Waals surface area contributed by atoms with Crippen LogP contribution in [-0.2, 0) is 0 Å². The van der Waals surface area contributed by atoms with Crippen LogP contribution in [0.15, 0.2) is 36.4 Å². The number of amides is 1. The number of rotatable bonds is 8. The SMILES string of the molecule is CCCCCNc1ccc(C(=O)Nc2ccc(C(C)C)cc2)nn1. The fourth-order valence-corrected chi connectivity index (χ4v) is 2.29. The van der Waals surface area contributed by atoms with Crippen LogP contribution in [0.1, 0.15) is 62.0 Å². The maximum Gasteiger partial charge on any atom is 0.276 e. The second-order valence-electron chi connectivity index (χ2n) is 6.17. The molecular weight excluding hydrogens is 300 g/mol. The van der Waals surface area contributed by atoms with E-state index in [1.807, 2.05) is 24.3 Å². The minimum Gasteiger partial charge on any atom is -0.369 e. The van der Waals surface area contributed by atoms with E-state index in [0.29, 0.717) is 17.4 Å². The van der Waals surface area contributed by atoms with Gasteiger partial charge in [-0.15, -0.1) is 10.2 Å². The number of hydrogen-bond donors (Lipinski definition) is 2. The van der Waals surface area contributed by atoms with E-state index in [0.717, 1.165) is 18.7 Å². The number of nitrogens with zero attached hydrogens (tertiary/aromatic N) is 2. The first-order valence-corrected chi connectivity index (χ1v) is 8.59. The van der Waals surface area contributed by atoms with Crippen molar-refractivity contribution in [1.82, 2.24) is 10.2 Å². The Morgan fingerprint density at radius 3 is 2.38 bits per heavy atom. The lowest BCUT2D eigenvalue weighted by Gasteiger charge is -2.08. The fourth-order valence-electron chi connectivity index (χ4n) is 2.29. The first-order chi connectivity index (χ1) is 11.6. The third-order valence-electron chi connectivity index (χ3n) is 3.82. The first-order valence-electron chi connectivity index (χ1n) is 8.59. The van der Waals surface area contributed by atoms with Crippen LogP contribution in [0.5, 0.6) is 0 Å². The van der Waals surface area contributed by atoms with E-state index >= 15 is 0 Å². The fraction of sp³-hybridized carbons (Fsp3) is 0.421. The van der Waals surface area contributed by atoms with Crippen molar-refractivity contribution in [2.24, 2.45) is 0 Å². The minimum atomic E-state index is -0.252. The van der Waals surface area contributed by atoms with Gasteiger partial charge >= 0.3 is 0 Å². The summed E-state index contributed by atoms with van der Waals surface area (Å²) in [5, 5.41) is 14.1. The van der Waals surface area contributed by atoms with Gasteiger partial charge in [0.2, 0.25) is 0 Å². The molecule has 0 atom stereocenters. The van der Waals surface area contributed by atoms with E-state index in [4.69, 9.17) is 0 Å². The van der Waals surface area contributed by atoms with Gasteiger partial charge in [0, 0.05) is 12.2 Å². The van der Waals surface area contributed by atoms with E-state index in [-0.39, 0.29) is 5.91 Å². The molecule has 0 saturated heterocycles. The largest absolute Gasteiger partial charge is 0.369 e. The van der Waals surface area contributed by atoms with Gasteiger partial charge in [-0.1, -0.05) is 45.7 Å². The molecule has 1 heterocycles. The Hall–Kier alpha value is -2.43. The van der Waals surface area contributed by atoms with Crippen molar-refractivity contribution >= 4 is 17.4 Å². The molecule has 5 nitrogen and oxygen atoms in total. The highest BCUT2D eigenvalue weighted by atomic mass is 16.1. The van der Waals surface area contributed by atoms with Crippen molar-refractivity contribution in [3.63, 3.8) is 0 Å². The predicted molar refractivity (Wildman–Crippen MR) is 98.5 cm³/mol. The van der Waals surface area contributed by atoms with Gasteiger partial charge in [0.1, 0.15) is 5.82 Å². The number of nitrogens with one attached hydrogen (secondary N) is 2. The van der Waals surface area contributed by atoms with Crippen LogP contribution in [0.4, 0.5) is 11.5 Å². The summed E-state index contributed by atoms with van der Waals surface area (Å²) >= 11 is 0. The molecule has 1 aromatic heterocycles. The zero-order chi connectivity index (χ0) is 17.4. The lowest BCUT2D eigenvalue weighted by molar-refractivity contribution is 0.102. The zero-order valence-corrected chi connectivity index (χ0v) is 14.7. The normalized spacial score (nSPS) is 10.7. The van der Waals surface area contributed by atoms with E-state index in [9.17, 15) is 4.79 Å². The average Bonchev–Trinajstić information content (AvgIpc) is 2.59. The molecule has 2 aromatic rings. The van der Waals surface area contributed by atoms with Gasteiger partial charge < -0.3 is 10.6 Å². The topological polar surface area (TPSA) is 66.9 Å². The Morgan fingerprint density at radius 1 is 1.04 bits per heavy atom. The summed E-state index contributed by atoms with van der Waals surface area (Å²) in [6, 6.07) is 11.3. The molecule has 0 aliphatic heterocycles. The molecule has 0 saturated carbocycles. The third kappa shape index (κ3) is 5.33. The molecule has 0 radical (unpaired) electrons. The molecule has 0 unspecified atom stereocenters. The summed E-state index contributed by atoms with van der Waals surface area (Å²) in [6.45, 7) is 7.32. The molecule has 0 fully saturated rings. The van der Waals surface area contributed by atoms with Crippen LogP contribution < -0.4 is 10.6 Å². The molecule has 24 heavy (non-hydrogen) atoms. The molecule has 1 aromatic carbocycles. The summed E-state index contributed by atoms with van der Waals surface area (Å²) in [5.74, 6) is 0.916. The summed E-state index contributed by atoms with van der Waals surface area (Å²) < 4.78 is 0. The second-order valence-corrected chi connectivity index (χ2v) is 6.17. The predicted octanol–water partition coefficient (Wildman–Crippen LogP) is 4.45. The average molecular weight is 326 g/mol. The monoisotopic (exact) mass is 326 g/mol. The van der Waals surface area contributed by atoms with E-state index in [1.165, 1.54) is 18.4 Å². The summed E-state index contributed by atoms with van der Waals surface area (Å²) in [6.07, 6.45) is 3.48. The molecule has 5 heteroatoms. The molecule has 128 valence electrons. The standard InChI is InChI=1S/C19H26N4O/c1-4-5-6-13-20-18-12-11-17(22-23-18)19(24)21-16-9-7-15(8-10-16)14(2)3/h7-12,14H,4-6,13H2,1-3H3,(H,20,23)(H,21,24). The number of benzene rings is 1. The minimum absolute atomic E-state index is 0.252. The summed E-state index contributed by atoms with van der Waals surface area (Å²) in [5.41, 5.74) is 2.31. The van der Waals surface area contributed by atoms with Crippen LogP contribution in [-0.4, -0.2) is 22.6 Å². The Bertz CT molecular complexity index is 635. The van der Waals surface area contributed by atoms with Gasteiger partial charge in [-0.05, 0) is 42.2 Å².